The van der Waals surface area contributed by atoms with Crippen molar-refractivity contribution in [2.45, 2.75) is 64.2 Å². The normalized spacial score (nSPS) is 16.4. The third kappa shape index (κ3) is 6.23. The van der Waals surface area contributed by atoms with Crippen molar-refractivity contribution in [2.24, 2.45) is 5.92 Å². The van der Waals surface area contributed by atoms with Crippen LogP contribution in [0, 0.1) is 18.0 Å². The number of alkyl halides is 5. The molecule has 3 aromatic rings. The number of halogens is 5. The smallest absolute Gasteiger partial charge is 0.417 e. The fourth-order valence-corrected chi connectivity index (χ4v) is 4.97. The van der Waals surface area contributed by atoms with Gasteiger partial charge in [-0.25, -0.2) is 8.78 Å². The summed E-state index contributed by atoms with van der Waals surface area (Å²) in [6.07, 6.45) is -3.29. The molecule has 0 radical (unpaired) electrons. The van der Waals surface area contributed by atoms with Gasteiger partial charge in [-0.3, -0.25) is 14.3 Å². The van der Waals surface area contributed by atoms with Gasteiger partial charge < -0.3 is 15.8 Å². The van der Waals surface area contributed by atoms with Crippen LogP contribution in [-0.2, 0) is 17.5 Å². The van der Waals surface area contributed by atoms with Gasteiger partial charge in [-0.05, 0) is 49.4 Å². The van der Waals surface area contributed by atoms with Gasteiger partial charge in [0.1, 0.15) is 11.7 Å². The minimum Gasteiger partial charge on any atom is -0.618 e. The second-order valence-corrected chi connectivity index (χ2v) is 9.76. The fraction of sp³-hybridized carbons (Fsp3) is 0.407. The summed E-state index contributed by atoms with van der Waals surface area (Å²) in [5.41, 5.74) is -0.874. The molecule has 1 fully saturated rings. The molecule has 0 saturated heterocycles. The molecule has 13 heteroatoms. The average molecular weight is 566 g/mol. The van der Waals surface area contributed by atoms with Gasteiger partial charge in [0, 0.05) is 44.3 Å². The van der Waals surface area contributed by atoms with Crippen molar-refractivity contribution >= 4 is 17.5 Å². The number of nitrogens with zero attached hydrogens (tertiary/aromatic N) is 3. The number of benzene rings is 1. The number of aromatic nitrogens is 3. The Morgan fingerprint density at radius 1 is 1.15 bits per heavy atom. The van der Waals surface area contributed by atoms with E-state index in [9.17, 15) is 36.7 Å². The van der Waals surface area contributed by atoms with E-state index in [0.29, 0.717) is 17.3 Å². The predicted octanol–water partition coefficient (Wildman–Crippen LogP) is 5.09. The lowest BCUT2D eigenvalue weighted by Gasteiger charge is -2.33. The molecule has 1 aliphatic rings. The summed E-state index contributed by atoms with van der Waals surface area (Å²) >= 11 is 0. The van der Waals surface area contributed by atoms with E-state index in [-0.39, 0.29) is 41.0 Å². The molecule has 2 amide bonds. The molecule has 1 aliphatic carbocycles. The Kier molecular flexibility index (Phi) is 8.13. The highest BCUT2D eigenvalue weighted by atomic mass is 19.4. The lowest BCUT2D eigenvalue weighted by molar-refractivity contribution is -0.611. The van der Waals surface area contributed by atoms with Gasteiger partial charge in [-0.15, -0.1) is 0 Å². The Balaban J connectivity index is 1.58. The van der Waals surface area contributed by atoms with E-state index in [1.54, 1.807) is 6.92 Å². The Hall–Kier alpha value is -4.03. The summed E-state index contributed by atoms with van der Waals surface area (Å²) < 4.78 is 70.2. The highest BCUT2D eigenvalue weighted by Crippen LogP contribution is 2.39. The van der Waals surface area contributed by atoms with E-state index in [1.807, 2.05) is 0 Å². The molecule has 2 N–H and O–H groups in total. The molecule has 0 aliphatic heterocycles. The summed E-state index contributed by atoms with van der Waals surface area (Å²) in [6.45, 7) is 3.46. The van der Waals surface area contributed by atoms with Crippen molar-refractivity contribution in [3.63, 3.8) is 0 Å². The summed E-state index contributed by atoms with van der Waals surface area (Å²) in [5, 5.41) is 21.3. The summed E-state index contributed by atoms with van der Waals surface area (Å²) in [7, 11) is 0. The van der Waals surface area contributed by atoms with Crippen molar-refractivity contribution in [3.05, 3.63) is 71.0 Å². The first kappa shape index (κ1) is 29.0. The first-order valence-electron chi connectivity index (χ1n) is 12.7. The minimum absolute atomic E-state index is 0.0139. The van der Waals surface area contributed by atoms with Crippen LogP contribution in [0.3, 0.4) is 0 Å². The number of pyridine rings is 1. The van der Waals surface area contributed by atoms with Crippen LogP contribution < -0.4 is 15.4 Å². The maximum Gasteiger partial charge on any atom is 0.417 e. The van der Waals surface area contributed by atoms with Gasteiger partial charge in [0.05, 0.1) is 11.1 Å². The van der Waals surface area contributed by atoms with Crippen LogP contribution in [0.5, 0.6) is 0 Å². The van der Waals surface area contributed by atoms with Crippen LogP contribution in [-0.4, -0.2) is 33.6 Å². The quantitative estimate of drug-likeness (QED) is 0.237. The molecule has 0 bridgehead atoms. The molecule has 1 unspecified atom stereocenters. The monoisotopic (exact) mass is 565 g/mol. The highest BCUT2D eigenvalue weighted by Gasteiger charge is 2.41. The van der Waals surface area contributed by atoms with Gasteiger partial charge >= 0.3 is 6.18 Å². The van der Waals surface area contributed by atoms with Crippen molar-refractivity contribution in [3.8, 4) is 11.1 Å². The van der Waals surface area contributed by atoms with Crippen LogP contribution in [0.25, 0.3) is 11.1 Å². The van der Waals surface area contributed by atoms with Crippen molar-refractivity contribution in [2.75, 3.05) is 5.32 Å². The lowest BCUT2D eigenvalue weighted by atomic mass is 9.81. The molecular formula is C27H28F5N5O3. The number of hydrogen-bond donors (Lipinski definition) is 2. The third-order valence-corrected chi connectivity index (χ3v) is 7.14. The van der Waals surface area contributed by atoms with Crippen molar-refractivity contribution in [1.82, 2.24) is 15.1 Å². The molecule has 1 aromatic carbocycles. The SMILES string of the molecule is CCn1nccc1C(=O)NC(C(=O)Nc1ccc(-c2c(C(F)(F)F)cc[n+]([O-])c2C)cc1)C1CCC(F)(F)CC1. The second kappa shape index (κ2) is 11.2. The van der Waals surface area contributed by atoms with Gasteiger partial charge in [-0.1, -0.05) is 12.1 Å². The van der Waals surface area contributed by atoms with Gasteiger partial charge in [0.15, 0.2) is 11.9 Å². The summed E-state index contributed by atoms with van der Waals surface area (Å²) in [5.74, 6) is -4.64. The number of carbonyl (C=O) groups excluding carboxylic acids is 2. The van der Waals surface area contributed by atoms with Crippen molar-refractivity contribution < 1.29 is 36.3 Å². The molecule has 0 spiro atoms. The fourth-order valence-electron chi connectivity index (χ4n) is 4.97. The Morgan fingerprint density at radius 2 is 1.80 bits per heavy atom. The Labute approximate surface area is 226 Å². The first-order chi connectivity index (χ1) is 18.8. The minimum atomic E-state index is -4.70. The molecule has 8 nitrogen and oxygen atoms in total. The van der Waals surface area contributed by atoms with Crippen LogP contribution in [0.4, 0.5) is 27.6 Å². The zero-order valence-electron chi connectivity index (χ0n) is 21.8. The lowest BCUT2D eigenvalue weighted by Crippen LogP contribution is -2.50. The number of nitrogens with one attached hydrogen (secondary N) is 2. The maximum atomic E-state index is 13.8. The molecule has 4 rings (SSSR count). The molecule has 2 heterocycles. The first-order valence-corrected chi connectivity index (χ1v) is 12.7. The number of rotatable bonds is 7. The van der Waals surface area contributed by atoms with Gasteiger partial charge in [-0.2, -0.15) is 23.0 Å². The summed E-state index contributed by atoms with van der Waals surface area (Å²) in [4.78, 5) is 26.3. The number of amides is 2. The number of carbonyl (C=O) groups is 2. The van der Waals surface area contributed by atoms with Crippen LogP contribution >= 0.6 is 0 Å². The topological polar surface area (TPSA) is 103 Å². The number of anilines is 1. The summed E-state index contributed by atoms with van der Waals surface area (Å²) in [6, 6.07) is 6.45. The molecule has 1 saturated carbocycles. The highest BCUT2D eigenvalue weighted by molar-refractivity contribution is 6.00. The molecule has 214 valence electrons. The average Bonchev–Trinajstić information content (AvgIpc) is 3.38. The van der Waals surface area contributed by atoms with E-state index >= 15 is 0 Å². The van der Waals surface area contributed by atoms with Crippen molar-refractivity contribution in [1.29, 1.82) is 0 Å². The molecular weight excluding hydrogens is 537 g/mol. The van der Waals surface area contributed by atoms with E-state index < -0.39 is 54.3 Å². The van der Waals surface area contributed by atoms with E-state index in [1.165, 1.54) is 48.1 Å². The largest absolute Gasteiger partial charge is 0.618 e. The molecule has 1 atom stereocenters. The van der Waals surface area contributed by atoms with E-state index in [0.717, 1.165) is 6.20 Å². The van der Waals surface area contributed by atoms with Gasteiger partial charge in [0.2, 0.25) is 11.8 Å². The predicted molar refractivity (Wildman–Crippen MR) is 135 cm³/mol. The van der Waals surface area contributed by atoms with Crippen LogP contribution in [0.1, 0.15) is 54.4 Å². The van der Waals surface area contributed by atoms with E-state index in [2.05, 4.69) is 15.7 Å². The number of hydrogen-bond acceptors (Lipinski definition) is 4. The maximum absolute atomic E-state index is 13.8. The molecule has 40 heavy (non-hydrogen) atoms. The zero-order chi connectivity index (χ0) is 29.2. The Morgan fingerprint density at radius 3 is 2.40 bits per heavy atom. The van der Waals surface area contributed by atoms with E-state index in [4.69, 9.17) is 0 Å². The van der Waals surface area contributed by atoms with Crippen LogP contribution in [0.2, 0.25) is 0 Å². The zero-order valence-corrected chi connectivity index (χ0v) is 21.8. The standard InChI is InChI=1S/C27H28F5N5O3/c1-3-36-21(10-14-33-36)24(38)35-23(18-8-12-26(28,29)13-9-18)25(39)34-19-6-4-17(5-7-19)22-16(2)37(40)15-11-20(22)27(30,31)32/h4-7,10-11,14-15,18,23H,3,8-9,12-13H2,1-2H3,(H,34,39)(H,35,38). The molecule has 2 aromatic heterocycles. The van der Waals surface area contributed by atoms with Gasteiger partial charge in [0.25, 0.3) is 5.91 Å². The number of aryl methyl sites for hydroxylation is 1. The second-order valence-electron chi connectivity index (χ2n) is 9.76. The third-order valence-electron chi connectivity index (χ3n) is 7.14. The Bertz CT molecular complexity index is 1380. The van der Waals surface area contributed by atoms with Crippen LogP contribution in [0.15, 0.2) is 48.8 Å².